The third-order valence-corrected chi connectivity index (χ3v) is 2.92. The van der Waals surface area contributed by atoms with Gasteiger partial charge >= 0.3 is 0 Å². The maximum absolute atomic E-state index is 9.72. The second-order valence-electron chi connectivity index (χ2n) is 4.84. The lowest BCUT2D eigenvalue weighted by atomic mass is 10.0. The first-order chi connectivity index (χ1) is 8.04. The van der Waals surface area contributed by atoms with Crippen molar-refractivity contribution < 1.29 is 5.11 Å². The highest BCUT2D eigenvalue weighted by atomic mass is 16.3. The molecule has 3 heteroatoms. The Morgan fingerprint density at radius 2 is 1.82 bits per heavy atom. The van der Waals surface area contributed by atoms with Crippen molar-refractivity contribution in [2.75, 3.05) is 32.1 Å². The number of nitrogens with one attached hydrogen (secondary N) is 1. The van der Waals surface area contributed by atoms with Crippen molar-refractivity contribution in [1.82, 2.24) is 5.32 Å². The van der Waals surface area contributed by atoms with E-state index in [0.29, 0.717) is 19.0 Å². The minimum Gasteiger partial charge on any atom is -0.390 e. The zero-order valence-corrected chi connectivity index (χ0v) is 11.3. The van der Waals surface area contributed by atoms with Gasteiger partial charge in [-0.25, -0.2) is 0 Å². The lowest BCUT2D eigenvalue weighted by Gasteiger charge is -2.23. The van der Waals surface area contributed by atoms with Crippen molar-refractivity contribution in [2.24, 2.45) is 0 Å². The van der Waals surface area contributed by atoms with Crippen molar-refractivity contribution >= 4 is 5.69 Å². The van der Waals surface area contributed by atoms with E-state index in [1.54, 1.807) is 0 Å². The van der Waals surface area contributed by atoms with Gasteiger partial charge in [0.25, 0.3) is 0 Å². The van der Waals surface area contributed by atoms with Crippen LogP contribution in [0.2, 0.25) is 0 Å². The largest absolute Gasteiger partial charge is 0.390 e. The summed E-state index contributed by atoms with van der Waals surface area (Å²) in [6.45, 7) is 5.64. The Balaban J connectivity index is 2.60. The molecule has 0 spiro atoms. The molecule has 0 aliphatic rings. The highest BCUT2D eigenvalue weighted by Gasteiger charge is 2.08. The predicted octanol–water partition coefficient (Wildman–Crippen LogP) is 1.83. The summed E-state index contributed by atoms with van der Waals surface area (Å²) in [6.07, 6.45) is -0.338. The highest BCUT2D eigenvalue weighted by Crippen LogP contribution is 2.19. The molecule has 1 aromatic carbocycles. The molecule has 96 valence electrons. The summed E-state index contributed by atoms with van der Waals surface area (Å²) in [5, 5.41) is 12.7. The zero-order chi connectivity index (χ0) is 12.8. The molecule has 0 saturated carbocycles. The monoisotopic (exact) mass is 236 g/mol. The van der Waals surface area contributed by atoms with Gasteiger partial charge in [-0.1, -0.05) is 26.0 Å². The standard InChI is InChI=1S/C14H24N2O/c1-11(2)12-5-7-13(8-6-12)16(4)10-14(17)9-15-3/h5-8,11,14-15,17H,9-10H2,1-4H3. The van der Waals surface area contributed by atoms with E-state index in [1.165, 1.54) is 5.56 Å². The summed E-state index contributed by atoms with van der Waals surface area (Å²) in [5.41, 5.74) is 2.49. The molecule has 0 aliphatic carbocycles. The van der Waals surface area contributed by atoms with Crippen LogP contribution in [0, 0.1) is 0 Å². The van der Waals surface area contributed by atoms with Crippen LogP contribution in [-0.4, -0.2) is 38.4 Å². The number of rotatable bonds is 6. The van der Waals surface area contributed by atoms with Crippen LogP contribution in [0.4, 0.5) is 5.69 Å². The summed E-state index contributed by atoms with van der Waals surface area (Å²) in [4.78, 5) is 2.08. The van der Waals surface area contributed by atoms with Crippen LogP contribution in [0.3, 0.4) is 0 Å². The molecule has 0 fully saturated rings. The molecule has 0 amide bonds. The quantitative estimate of drug-likeness (QED) is 0.791. The van der Waals surface area contributed by atoms with Gasteiger partial charge < -0.3 is 15.3 Å². The zero-order valence-electron chi connectivity index (χ0n) is 11.3. The SMILES string of the molecule is CNCC(O)CN(C)c1ccc(C(C)C)cc1. The number of hydrogen-bond donors (Lipinski definition) is 2. The normalized spacial score (nSPS) is 12.8. The number of hydrogen-bond acceptors (Lipinski definition) is 3. The number of likely N-dealkylation sites (N-methyl/N-ethyl adjacent to an activating group) is 2. The minimum atomic E-state index is -0.338. The number of aliphatic hydroxyl groups excluding tert-OH is 1. The van der Waals surface area contributed by atoms with Crippen LogP contribution in [0.25, 0.3) is 0 Å². The molecule has 0 aromatic heterocycles. The molecule has 1 atom stereocenters. The highest BCUT2D eigenvalue weighted by molar-refractivity contribution is 5.47. The second kappa shape index (κ2) is 6.62. The fourth-order valence-corrected chi connectivity index (χ4v) is 1.84. The van der Waals surface area contributed by atoms with Gasteiger partial charge in [0, 0.05) is 25.8 Å². The molecule has 1 aromatic rings. The first kappa shape index (κ1) is 14.0. The molecule has 0 radical (unpaired) electrons. The lowest BCUT2D eigenvalue weighted by molar-refractivity contribution is 0.181. The maximum atomic E-state index is 9.72. The van der Waals surface area contributed by atoms with Crippen molar-refractivity contribution in [1.29, 1.82) is 0 Å². The van der Waals surface area contributed by atoms with Crippen molar-refractivity contribution in [3.05, 3.63) is 29.8 Å². The molecule has 0 saturated heterocycles. The molecule has 0 aliphatic heterocycles. The molecule has 1 rings (SSSR count). The number of nitrogens with zero attached hydrogens (tertiary/aromatic N) is 1. The Morgan fingerprint density at radius 3 is 2.29 bits per heavy atom. The van der Waals surface area contributed by atoms with E-state index in [2.05, 4.69) is 48.3 Å². The molecule has 1 unspecified atom stereocenters. The Hall–Kier alpha value is -1.06. The van der Waals surface area contributed by atoms with Gasteiger partial charge in [0.15, 0.2) is 0 Å². The minimum absolute atomic E-state index is 0.338. The van der Waals surface area contributed by atoms with Crippen LogP contribution in [0.15, 0.2) is 24.3 Å². The Bertz CT molecular complexity index is 321. The van der Waals surface area contributed by atoms with Crippen LogP contribution in [0.5, 0.6) is 0 Å². The molecule has 2 N–H and O–H groups in total. The summed E-state index contributed by atoms with van der Waals surface area (Å²) >= 11 is 0. The van der Waals surface area contributed by atoms with Crippen molar-refractivity contribution in [3.8, 4) is 0 Å². The lowest BCUT2D eigenvalue weighted by Crippen LogP contribution is -2.35. The summed E-state index contributed by atoms with van der Waals surface area (Å²) in [7, 11) is 3.85. The second-order valence-corrected chi connectivity index (χ2v) is 4.84. The van der Waals surface area contributed by atoms with Crippen LogP contribution in [0.1, 0.15) is 25.3 Å². The van der Waals surface area contributed by atoms with Gasteiger partial charge in [0.05, 0.1) is 6.10 Å². The number of anilines is 1. The maximum Gasteiger partial charge on any atom is 0.0838 e. The Kier molecular flexibility index (Phi) is 5.45. The van der Waals surface area contributed by atoms with Crippen LogP contribution >= 0.6 is 0 Å². The number of benzene rings is 1. The van der Waals surface area contributed by atoms with E-state index in [1.807, 2.05) is 14.1 Å². The average Bonchev–Trinajstić information content (AvgIpc) is 2.29. The molecule has 0 heterocycles. The Morgan fingerprint density at radius 1 is 1.24 bits per heavy atom. The first-order valence-corrected chi connectivity index (χ1v) is 6.18. The van der Waals surface area contributed by atoms with Crippen LogP contribution in [-0.2, 0) is 0 Å². The smallest absolute Gasteiger partial charge is 0.0838 e. The van der Waals surface area contributed by atoms with E-state index >= 15 is 0 Å². The molecular weight excluding hydrogens is 212 g/mol. The first-order valence-electron chi connectivity index (χ1n) is 6.18. The van der Waals surface area contributed by atoms with Gasteiger partial charge in [-0.15, -0.1) is 0 Å². The Labute approximate surface area is 104 Å². The fourth-order valence-electron chi connectivity index (χ4n) is 1.84. The third-order valence-electron chi connectivity index (χ3n) is 2.92. The molecule has 3 nitrogen and oxygen atoms in total. The molecular formula is C14H24N2O. The molecule has 0 bridgehead atoms. The molecule has 17 heavy (non-hydrogen) atoms. The van der Waals surface area contributed by atoms with E-state index in [4.69, 9.17) is 0 Å². The summed E-state index contributed by atoms with van der Waals surface area (Å²) < 4.78 is 0. The predicted molar refractivity (Wildman–Crippen MR) is 73.7 cm³/mol. The van der Waals surface area contributed by atoms with E-state index < -0.39 is 0 Å². The summed E-state index contributed by atoms with van der Waals surface area (Å²) in [5.74, 6) is 0.559. The van der Waals surface area contributed by atoms with E-state index in [-0.39, 0.29) is 6.10 Å². The van der Waals surface area contributed by atoms with Crippen molar-refractivity contribution in [3.63, 3.8) is 0 Å². The van der Waals surface area contributed by atoms with Gasteiger partial charge in [0.1, 0.15) is 0 Å². The van der Waals surface area contributed by atoms with E-state index in [9.17, 15) is 5.11 Å². The van der Waals surface area contributed by atoms with Crippen molar-refractivity contribution in [2.45, 2.75) is 25.9 Å². The number of aliphatic hydroxyl groups is 1. The third kappa shape index (κ3) is 4.36. The average molecular weight is 236 g/mol. The topological polar surface area (TPSA) is 35.5 Å². The van der Waals surface area contributed by atoms with Gasteiger partial charge in [-0.2, -0.15) is 0 Å². The van der Waals surface area contributed by atoms with Gasteiger partial charge in [0.2, 0.25) is 0 Å². The summed E-state index contributed by atoms with van der Waals surface area (Å²) in [6, 6.07) is 8.53. The fraction of sp³-hybridized carbons (Fsp3) is 0.571. The van der Waals surface area contributed by atoms with Gasteiger partial charge in [-0.3, -0.25) is 0 Å². The van der Waals surface area contributed by atoms with E-state index in [0.717, 1.165) is 5.69 Å². The van der Waals surface area contributed by atoms with Crippen LogP contribution < -0.4 is 10.2 Å². The van der Waals surface area contributed by atoms with Gasteiger partial charge in [-0.05, 0) is 30.7 Å².